The molecular weight excluding hydrogens is 402 g/mol. The number of hydrogen-bond acceptors (Lipinski definition) is 6. The van der Waals surface area contributed by atoms with Crippen LogP contribution in [0.15, 0.2) is 59.6 Å². The van der Waals surface area contributed by atoms with Gasteiger partial charge in [-0.3, -0.25) is 14.6 Å². The normalized spacial score (nSPS) is 16.8. The van der Waals surface area contributed by atoms with Gasteiger partial charge in [-0.15, -0.1) is 0 Å². The Morgan fingerprint density at radius 3 is 2.57 bits per heavy atom. The topological polar surface area (TPSA) is 96.9 Å². The highest BCUT2D eigenvalue weighted by Gasteiger charge is 2.25. The maximum Gasteiger partial charge on any atom is 0.338 e. The molecule has 1 aliphatic heterocycles. The second kappa shape index (κ2) is 10.1. The van der Waals surface area contributed by atoms with Crippen LogP contribution in [0.1, 0.15) is 42.2 Å². The van der Waals surface area contributed by atoms with Crippen molar-refractivity contribution in [3.63, 3.8) is 0 Å². The average Bonchev–Trinajstić information content (AvgIpc) is 2.74. The first kappa shape index (κ1) is 21.6. The van der Waals surface area contributed by atoms with E-state index < -0.39 is 11.2 Å². The Bertz CT molecular complexity index is 945. The monoisotopic (exact) mass is 425 g/mol. The van der Waals surface area contributed by atoms with Crippen molar-refractivity contribution < 1.29 is 19.1 Å². The standard InChI is InChI=1S/C22H23N3O4S/c1-3-29-21(28)16-9-11-17(12-10-16)23-20(27)14(2)30-22-24-18(13-19(26)25-22)15-7-5-4-6-8-15/h4-12,14,18H,3,13H2,1-2H3,(H,23,27)(H,24,25,26)/t14-,18-/m0/s1. The van der Waals surface area contributed by atoms with Gasteiger partial charge in [-0.05, 0) is 43.7 Å². The van der Waals surface area contributed by atoms with Crippen molar-refractivity contribution in [3.05, 3.63) is 65.7 Å². The van der Waals surface area contributed by atoms with Crippen LogP contribution in [0.25, 0.3) is 0 Å². The molecule has 0 unspecified atom stereocenters. The summed E-state index contributed by atoms with van der Waals surface area (Å²) in [6.45, 7) is 3.79. The molecule has 0 spiro atoms. The summed E-state index contributed by atoms with van der Waals surface area (Å²) in [5.41, 5.74) is 1.95. The van der Waals surface area contributed by atoms with Gasteiger partial charge in [-0.2, -0.15) is 0 Å². The van der Waals surface area contributed by atoms with Gasteiger partial charge in [0, 0.05) is 5.69 Å². The zero-order chi connectivity index (χ0) is 21.5. The van der Waals surface area contributed by atoms with Gasteiger partial charge in [0.15, 0.2) is 5.17 Å². The molecule has 2 atom stereocenters. The van der Waals surface area contributed by atoms with Crippen molar-refractivity contribution in [2.24, 2.45) is 4.99 Å². The number of carbonyl (C=O) groups excluding carboxylic acids is 3. The van der Waals surface area contributed by atoms with Crippen LogP contribution in [0.5, 0.6) is 0 Å². The van der Waals surface area contributed by atoms with Crippen molar-refractivity contribution in [3.8, 4) is 0 Å². The molecule has 2 aromatic rings. The first-order valence-electron chi connectivity index (χ1n) is 9.63. The molecule has 0 saturated heterocycles. The second-order valence-electron chi connectivity index (χ2n) is 6.66. The number of aliphatic imine (C=N–C) groups is 1. The van der Waals surface area contributed by atoms with Crippen LogP contribution < -0.4 is 10.6 Å². The highest BCUT2D eigenvalue weighted by molar-refractivity contribution is 8.15. The Kier molecular flexibility index (Phi) is 7.24. The van der Waals surface area contributed by atoms with Crippen LogP contribution in [0.4, 0.5) is 5.69 Å². The first-order chi connectivity index (χ1) is 14.5. The number of amidine groups is 1. The smallest absolute Gasteiger partial charge is 0.338 e. The molecule has 2 N–H and O–H groups in total. The summed E-state index contributed by atoms with van der Waals surface area (Å²) in [6.07, 6.45) is 0.279. The molecule has 1 aliphatic rings. The third-order valence-corrected chi connectivity index (χ3v) is 5.40. The minimum Gasteiger partial charge on any atom is -0.462 e. The molecule has 7 nitrogen and oxygen atoms in total. The van der Waals surface area contributed by atoms with Gasteiger partial charge in [0.05, 0.1) is 29.9 Å². The van der Waals surface area contributed by atoms with Crippen LogP contribution >= 0.6 is 11.8 Å². The van der Waals surface area contributed by atoms with E-state index in [-0.39, 0.29) is 24.3 Å². The molecule has 3 rings (SSSR count). The number of amides is 2. The SMILES string of the molecule is CCOC(=O)c1ccc(NC(=O)[C@H](C)SC2=N[C@H](c3ccccc3)CC(=O)N2)cc1. The highest BCUT2D eigenvalue weighted by Crippen LogP contribution is 2.27. The van der Waals surface area contributed by atoms with E-state index >= 15 is 0 Å². The third kappa shape index (κ3) is 5.70. The number of rotatable bonds is 6. The van der Waals surface area contributed by atoms with Gasteiger partial charge in [-0.25, -0.2) is 4.79 Å². The molecule has 30 heavy (non-hydrogen) atoms. The fourth-order valence-corrected chi connectivity index (χ4v) is 3.72. The van der Waals surface area contributed by atoms with Crippen LogP contribution in [0, 0.1) is 0 Å². The van der Waals surface area contributed by atoms with Gasteiger partial charge in [0.25, 0.3) is 0 Å². The number of nitrogens with zero attached hydrogens (tertiary/aromatic N) is 1. The molecule has 0 aromatic heterocycles. The Hall–Kier alpha value is -3.13. The van der Waals surface area contributed by atoms with Gasteiger partial charge in [0.1, 0.15) is 0 Å². The Labute approximate surface area is 179 Å². The molecule has 1 heterocycles. The molecule has 0 aliphatic carbocycles. The zero-order valence-electron chi connectivity index (χ0n) is 16.8. The van der Waals surface area contributed by atoms with Crippen molar-refractivity contribution in [1.29, 1.82) is 0 Å². The number of esters is 1. The minimum absolute atomic E-state index is 0.122. The average molecular weight is 426 g/mol. The first-order valence-corrected chi connectivity index (χ1v) is 10.5. The minimum atomic E-state index is -0.483. The van der Waals surface area contributed by atoms with E-state index in [2.05, 4.69) is 15.6 Å². The number of carbonyl (C=O) groups is 3. The maximum atomic E-state index is 12.5. The molecule has 0 radical (unpaired) electrons. The zero-order valence-corrected chi connectivity index (χ0v) is 17.6. The fourth-order valence-electron chi connectivity index (χ4n) is 2.86. The summed E-state index contributed by atoms with van der Waals surface area (Å²) >= 11 is 1.20. The molecule has 0 saturated carbocycles. The van der Waals surface area contributed by atoms with Crippen molar-refractivity contribution in [2.45, 2.75) is 31.6 Å². The van der Waals surface area contributed by atoms with Gasteiger partial charge >= 0.3 is 5.97 Å². The second-order valence-corrected chi connectivity index (χ2v) is 7.99. The summed E-state index contributed by atoms with van der Waals surface area (Å²) in [4.78, 5) is 40.9. The quantitative estimate of drug-likeness (QED) is 0.690. The Balaban J connectivity index is 1.61. The molecule has 8 heteroatoms. The maximum absolute atomic E-state index is 12.5. The Morgan fingerprint density at radius 1 is 1.20 bits per heavy atom. The number of anilines is 1. The summed E-state index contributed by atoms with van der Waals surface area (Å²) < 4.78 is 4.94. The predicted molar refractivity (Wildman–Crippen MR) is 117 cm³/mol. The summed E-state index contributed by atoms with van der Waals surface area (Å²) in [5, 5.41) is 5.49. The molecule has 0 fully saturated rings. The lowest BCUT2D eigenvalue weighted by molar-refractivity contribution is -0.120. The van der Waals surface area contributed by atoms with Crippen LogP contribution in [0.3, 0.4) is 0 Å². The fraction of sp³-hybridized carbons (Fsp3) is 0.273. The highest BCUT2D eigenvalue weighted by atomic mass is 32.2. The molecule has 2 amide bonds. The van der Waals surface area contributed by atoms with Crippen LogP contribution in [-0.2, 0) is 14.3 Å². The summed E-state index contributed by atoms with van der Waals surface area (Å²) in [6, 6.07) is 15.8. The molecular formula is C22H23N3O4S. The van der Waals surface area contributed by atoms with E-state index in [0.717, 1.165) is 5.56 Å². The lowest BCUT2D eigenvalue weighted by atomic mass is 10.0. The predicted octanol–water partition coefficient (Wildman–Crippen LogP) is 3.54. The lowest BCUT2D eigenvalue weighted by Crippen LogP contribution is -2.36. The molecule has 156 valence electrons. The van der Waals surface area contributed by atoms with E-state index in [1.807, 2.05) is 30.3 Å². The summed E-state index contributed by atoms with van der Waals surface area (Å²) in [5.74, 6) is -0.760. The Morgan fingerprint density at radius 2 is 1.90 bits per heavy atom. The van der Waals surface area contributed by atoms with Gasteiger partial charge in [0.2, 0.25) is 11.8 Å². The third-order valence-electron chi connectivity index (χ3n) is 4.40. The van der Waals surface area contributed by atoms with Crippen LogP contribution in [0.2, 0.25) is 0 Å². The van der Waals surface area contributed by atoms with Crippen molar-refractivity contribution in [1.82, 2.24) is 5.32 Å². The number of nitrogens with one attached hydrogen (secondary N) is 2. The van der Waals surface area contributed by atoms with E-state index in [9.17, 15) is 14.4 Å². The number of thioether (sulfide) groups is 1. The van der Waals surface area contributed by atoms with E-state index in [1.165, 1.54) is 11.8 Å². The van der Waals surface area contributed by atoms with Crippen LogP contribution in [-0.4, -0.2) is 34.8 Å². The molecule has 0 bridgehead atoms. The van der Waals surface area contributed by atoms with Crippen molar-refractivity contribution in [2.75, 3.05) is 11.9 Å². The summed E-state index contributed by atoms with van der Waals surface area (Å²) in [7, 11) is 0. The van der Waals surface area contributed by atoms with E-state index in [1.54, 1.807) is 38.1 Å². The van der Waals surface area contributed by atoms with Crippen molar-refractivity contribution >= 4 is 40.4 Å². The van der Waals surface area contributed by atoms with Gasteiger partial charge in [-0.1, -0.05) is 42.1 Å². The molecule has 2 aromatic carbocycles. The lowest BCUT2D eigenvalue weighted by Gasteiger charge is -2.22. The van der Waals surface area contributed by atoms with E-state index in [4.69, 9.17) is 4.74 Å². The number of ether oxygens (including phenoxy) is 1. The van der Waals surface area contributed by atoms with Gasteiger partial charge < -0.3 is 15.4 Å². The number of benzene rings is 2. The van der Waals surface area contributed by atoms with E-state index in [0.29, 0.717) is 23.0 Å². The number of hydrogen-bond donors (Lipinski definition) is 2. The largest absolute Gasteiger partial charge is 0.462 e.